The molecular formula is C19H31N. The van der Waals surface area contributed by atoms with E-state index in [0.29, 0.717) is 0 Å². The Hall–Kier alpha value is -0.820. The predicted octanol–water partition coefficient (Wildman–Crippen LogP) is 4.55. The molecule has 0 bridgehead atoms. The van der Waals surface area contributed by atoms with Gasteiger partial charge in [0, 0.05) is 0 Å². The van der Waals surface area contributed by atoms with Crippen molar-refractivity contribution in [1.29, 1.82) is 0 Å². The van der Waals surface area contributed by atoms with Gasteiger partial charge in [0.2, 0.25) is 0 Å². The summed E-state index contributed by atoms with van der Waals surface area (Å²) in [4.78, 5) is 0. The third-order valence-corrected chi connectivity index (χ3v) is 4.54. The fraction of sp³-hybridized carbons (Fsp3) is 0.684. The highest BCUT2D eigenvalue weighted by atomic mass is 14.9. The van der Waals surface area contributed by atoms with Gasteiger partial charge in [0.05, 0.1) is 0 Å². The molecule has 1 heterocycles. The Balaban J connectivity index is 1.86. The second-order valence-corrected chi connectivity index (χ2v) is 7.70. The molecule has 0 saturated carbocycles. The number of hydrogen-bond donors (Lipinski definition) is 1. The van der Waals surface area contributed by atoms with E-state index >= 15 is 0 Å². The van der Waals surface area contributed by atoms with Gasteiger partial charge in [-0.2, -0.15) is 0 Å². The highest BCUT2D eigenvalue weighted by molar-refractivity contribution is 5.27. The van der Waals surface area contributed by atoms with E-state index < -0.39 is 0 Å². The first-order valence-electron chi connectivity index (χ1n) is 8.25. The van der Waals surface area contributed by atoms with Crippen molar-refractivity contribution in [3.63, 3.8) is 0 Å². The van der Waals surface area contributed by atoms with Crippen LogP contribution in [0.1, 0.15) is 58.1 Å². The zero-order chi connectivity index (χ0) is 14.6. The molecule has 0 aromatic heterocycles. The molecule has 1 nitrogen and oxygen atoms in total. The van der Waals surface area contributed by atoms with Crippen molar-refractivity contribution >= 4 is 0 Å². The van der Waals surface area contributed by atoms with Crippen LogP contribution in [0.2, 0.25) is 0 Å². The van der Waals surface area contributed by atoms with Crippen LogP contribution in [0.15, 0.2) is 24.3 Å². The molecule has 1 aromatic carbocycles. The van der Waals surface area contributed by atoms with Crippen molar-refractivity contribution in [2.75, 3.05) is 13.1 Å². The molecule has 20 heavy (non-hydrogen) atoms. The molecule has 1 fully saturated rings. The molecule has 1 saturated heterocycles. The first-order valence-corrected chi connectivity index (χ1v) is 8.25. The van der Waals surface area contributed by atoms with Gasteiger partial charge in [-0.25, -0.2) is 0 Å². The fourth-order valence-corrected chi connectivity index (χ4v) is 3.32. The lowest BCUT2D eigenvalue weighted by Crippen LogP contribution is -2.30. The third-order valence-electron chi connectivity index (χ3n) is 4.54. The van der Waals surface area contributed by atoms with Gasteiger partial charge in [-0.3, -0.25) is 0 Å². The summed E-state index contributed by atoms with van der Waals surface area (Å²) in [7, 11) is 0. The van der Waals surface area contributed by atoms with Gasteiger partial charge in [-0.05, 0) is 67.2 Å². The average molecular weight is 273 g/mol. The van der Waals surface area contributed by atoms with E-state index in [2.05, 4.69) is 57.3 Å². The van der Waals surface area contributed by atoms with Gasteiger partial charge < -0.3 is 5.32 Å². The highest BCUT2D eigenvalue weighted by Crippen LogP contribution is 2.25. The maximum Gasteiger partial charge on any atom is -0.00204 e. The monoisotopic (exact) mass is 273 g/mol. The molecule has 1 N–H and O–H groups in total. The van der Waals surface area contributed by atoms with Crippen LogP contribution >= 0.6 is 0 Å². The van der Waals surface area contributed by atoms with Crippen molar-refractivity contribution in [2.45, 2.75) is 58.8 Å². The van der Waals surface area contributed by atoms with Gasteiger partial charge in [0.25, 0.3) is 0 Å². The van der Waals surface area contributed by atoms with E-state index in [9.17, 15) is 0 Å². The quantitative estimate of drug-likeness (QED) is 0.848. The van der Waals surface area contributed by atoms with E-state index in [-0.39, 0.29) is 5.41 Å². The lowest BCUT2D eigenvalue weighted by Gasteiger charge is -2.25. The summed E-state index contributed by atoms with van der Waals surface area (Å²) in [5, 5.41) is 3.53. The minimum absolute atomic E-state index is 0.262. The average Bonchev–Trinajstić information content (AvgIpc) is 2.39. The van der Waals surface area contributed by atoms with Crippen molar-refractivity contribution in [3.8, 4) is 0 Å². The number of rotatable bonds is 4. The van der Waals surface area contributed by atoms with E-state index in [1.165, 1.54) is 49.9 Å². The van der Waals surface area contributed by atoms with Crippen molar-refractivity contribution in [1.82, 2.24) is 5.32 Å². The lowest BCUT2D eigenvalue weighted by molar-refractivity contribution is 0.311. The summed E-state index contributed by atoms with van der Waals surface area (Å²) in [6, 6.07) is 9.28. The van der Waals surface area contributed by atoms with Gasteiger partial charge in [-0.15, -0.1) is 0 Å². The van der Waals surface area contributed by atoms with Crippen LogP contribution < -0.4 is 5.32 Å². The van der Waals surface area contributed by atoms with Crippen molar-refractivity contribution in [2.24, 2.45) is 11.8 Å². The predicted molar refractivity (Wildman–Crippen MR) is 88.2 cm³/mol. The van der Waals surface area contributed by atoms with Gasteiger partial charge in [0.1, 0.15) is 0 Å². The minimum Gasteiger partial charge on any atom is -0.316 e. The number of benzene rings is 1. The van der Waals surface area contributed by atoms with Crippen molar-refractivity contribution < 1.29 is 0 Å². The molecule has 0 radical (unpaired) electrons. The van der Waals surface area contributed by atoms with Crippen LogP contribution in [-0.2, 0) is 11.8 Å². The Morgan fingerprint density at radius 1 is 1.20 bits per heavy atom. The minimum atomic E-state index is 0.262. The maximum absolute atomic E-state index is 3.53. The number of nitrogens with one attached hydrogen (secondary N) is 1. The third kappa shape index (κ3) is 4.63. The van der Waals surface area contributed by atoms with Crippen molar-refractivity contribution in [3.05, 3.63) is 35.4 Å². The smallest absolute Gasteiger partial charge is 0.00204 e. The van der Waals surface area contributed by atoms with Crippen LogP contribution in [0.5, 0.6) is 0 Å². The Morgan fingerprint density at radius 2 is 1.90 bits per heavy atom. The molecule has 2 atom stereocenters. The standard InChI is InChI=1S/C19H31N/c1-15(13-17-6-5-11-20-14-17)12-16-7-9-18(10-8-16)19(2,3)4/h7-10,15,17,20H,5-6,11-14H2,1-4H3. The maximum atomic E-state index is 3.53. The largest absolute Gasteiger partial charge is 0.316 e. The second-order valence-electron chi connectivity index (χ2n) is 7.70. The molecule has 112 valence electrons. The summed E-state index contributed by atoms with van der Waals surface area (Å²) in [6.45, 7) is 11.7. The first kappa shape index (κ1) is 15.6. The topological polar surface area (TPSA) is 12.0 Å². The lowest BCUT2D eigenvalue weighted by atomic mass is 9.84. The second kappa shape index (κ2) is 6.76. The Kier molecular flexibility index (Phi) is 5.26. The molecule has 0 spiro atoms. The SMILES string of the molecule is CC(Cc1ccc(C(C)(C)C)cc1)CC1CCCNC1. The summed E-state index contributed by atoms with van der Waals surface area (Å²) in [5.74, 6) is 1.69. The summed E-state index contributed by atoms with van der Waals surface area (Å²) >= 11 is 0. The zero-order valence-electron chi connectivity index (χ0n) is 13.7. The molecule has 2 rings (SSSR count). The summed E-state index contributed by atoms with van der Waals surface area (Å²) in [6.07, 6.45) is 5.37. The zero-order valence-corrected chi connectivity index (χ0v) is 13.7. The van der Waals surface area contributed by atoms with Gasteiger partial charge in [-0.1, -0.05) is 52.0 Å². The van der Waals surface area contributed by atoms with Gasteiger partial charge >= 0.3 is 0 Å². The van der Waals surface area contributed by atoms with Crippen LogP contribution in [0.25, 0.3) is 0 Å². The van der Waals surface area contributed by atoms with E-state index in [4.69, 9.17) is 0 Å². The van der Waals surface area contributed by atoms with Gasteiger partial charge in [0.15, 0.2) is 0 Å². The highest BCUT2D eigenvalue weighted by Gasteiger charge is 2.17. The number of hydrogen-bond acceptors (Lipinski definition) is 1. The Labute approximate surface area is 125 Å². The van der Waals surface area contributed by atoms with E-state index in [1.54, 1.807) is 0 Å². The molecule has 2 unspecified atom stereocenters. The molecule has 1 aliphatic heterocycles. The van der Waals surface area contributed by atoms with Crippen LogP contribution in [-0.4, -0.2) is 13.1 Å². The Morgan fingerprint density at radius 3 is 2.45 bits per heavy atom. The summed E-state index contributed by atoms with van der Waals surface area (Å²) in [5.41, 5.74) is 3.19. The van der Waals surface area contributed by atoms with E-state index in [1.807, 2.05) is 0 Å². The summed E-state index contributed by atoms with van der Waals surface area (Å²) < 4.78 is 0. The number of piperidine rings is 1. The van der Waals surface area contributed by atoms with Crippen LogP contribution in [0, 0.1) is 11.8 Å². The molecule has 1 heteroatoms. The fourth-order valence-electron chi connectivity index (χ4n) is 3.32. The van der Waals surface area contributed by atoms with E-state index in [0.717, 1.165) is 11.8 Å². The first-order chi connectivity index (χ1) is 9.45. The molecular weight excluding hydrogens is 242 g/mol. The molecule has 0 amide bonds. The van der Waals surface area contributed by atoms with Crippen LogP contribution in [0.4, 0.5) is 0 Å². The van der Waals surface area contributed by atoms with Crippen LogP contribution in [0.3, 0.4) is 0 Å². The molecule has 0 aliphatic carbocycles. The molecule has 1 aromatic rings. The Bertz CT molecular complexity index is 393. The molecule has 1 aliphatic rings. The normalized spacial score (nSPS) is 21.7.